The summed E-state index contributed by atoms with van der Waals surface area (Å²) in [5, 5.41) is 0.608. The molecule has 11 heavy (non-hydrogen) atoms. The van der Waals surface area contributed by atoms with Crippen LogP contribution in [0.2, 0.25) is 0 Å². The minimum atomic E-state index is 0. The van der Waals surface area contributed by atoms with E-state index in [-0.39, 0.29) is 22.4 Å². The molecule has 2 nitrogen and oxygen atoms in total. The van der Waals surface area contributed by atoms with E-state index in [1.807, 2.05) is 6.08 Å². The first-order valence-corrected chi connectivity index (χ1v) is 3.69. The van der Waals surface area contributed by atoms with E-state index in [0.717, 1.165) is 18.5 Å². The van der Waals surface area contributed by atoms with Crippen LogP contribution in [0, 0.1) is 0 Å². The number of allylic oxidation sites excluding steroid dienone is 1. The molecule has 0 aliphatic heterocycles. The predicted molar refractivity (Wildman–Crippen MR) is 41.6 cm³/mol. The molecule has 1 aromatic heterocycles. The summed E-state index contributed by atoms with van der Waals surface area (Å²) in [6.45, 7) is 0. The fourth-order valence-electron chi connectivity index (χ4n) is 1.15. The first-order valence-electron chi connectivity index (χ1n) is 3.29. The molecule has 0 aromatic carbocycles. The molecule has 1 N–H and O–H groups in total. The number of hydrogen-bond donors (Lipinski definition) is 1. The van der Waals surface area contributed by atoms with Crippen molar-refractivity contribution in [1.82, 2.24) is 9.97 Å². The molecular weight excluding hydrogens is 341 g/mol. The predicted octanol–water partition coefficient (Wildman–Crippen LogP) is 1.27. The quantitative estimate of drug-likeness (QED) is 0.565. The third kappa shape index (κ3) is 1.73. The van der Waals surface area contributed by atoms with Crippen LogP contribution < -0.4 is 0 Å². The molecule has 0 radical (unpaired) electrons. The van der Waals surface area contributed by atoms with Crippen LogP contribution in [0.5, 0.6) is 0 Å². The van der Waals surface area contributed by atoms with E-state index in [4.69, 9.17) is 12.6 Å². The van der Waals surface area contributed by atoms with Gasteiger partial charge in [0.2, 0.25) is 0 Å². The monoisotopic (exact) mass is 348 g/mol. The van der Waals surface area contributed by atoms with Gasteiger partial charge in [-0.15, -0.1) is 0 Å². The van der Waals surface area contributed by atoms with E-state index in [1.165, 1.54) is 5.69 Å². The number of aromatic amines is 1. The molecule has 0 spiro atoms. The van der Waals surface area contributed by atoms with Gasteiger partial charge in [0.05, 0.1) is 5.69 Å². The molecule has 0 fully saturated rings. The van der Waals surface area contributed by atoms with E-state index in [1.54, 1.807) is 0 Å². The Bertz CT molecular complexity index is 280. The molecule has 0 amide bonds. The van der Waals surface area contributed by atoms with Crippen LogP contribution in [-0.4, -0.2) is 9.97 Å². The number of nitrogens with one attached hydrogen (secondary N) is 1. The minimum Gasteiger partial charge on any atom is -0.742 e. The van der Waals surface area contributed by atoms with Crippen LogP contribution >= 0.6 is 0 Å². The minimum absolute atomic E-state index is 0. The van der Waals surface area contributed by atoms with Crippen LogP contribution in [0.15, 0.2) is 11.2 Å². The number of H-pyrrole nitrogens is 1. The smallest absolute Gasteiger partial charge is 0.742 e. The number of aromatic nitrogens is 2. The third-order valence-corrected chi connectivity index (χ3v) is 1.82. The molecule has 62 valence electrons. The standard InChI is InChI=1S/C7H8N2S.Au/c10-7-8-5-3-1-2-4-6(5)9-7;/h1,3H,2,4H2,(H2,8,9,10);/q;+1/p-1. The van der Waals surface area contributed by atoms with Gasteiger partial charge in [0.1, 0.15) is 0 Å². The van der Waals surface area contributed by atoms with Crippen molar-refractivity contribution in [2.75, 3.05) is 0 Å². The van der Waals surface area contributed by atoms with Gasteiger partial charge in [-0.25, -0.2) is 0 Å². The number of aryl methyl sites for hydroxylation is 1. The number of hydrogen-bond acceptors (Lipinski definition) is 2. The Kier molecular flexibility index (Phi) is 2.90. The number of fused-ring (bicyclic) bond motifs is 1. The summed E-state index contributed by atoms with van der Waals surface area (Å²) in [4.78, 5) is 7.17. The molecule has 0 atom stereocenters. The zero-order valence-electron chi connectivity index (χ0n) is 5.73. The van der Waals surface area contributed by atoms with E-state index in [2.05, 4.69) is 16.0 Å². The van der Waals surface area contributed by atoms with Crippen LogP contribution in [0.1, 0.15) is 17.8 Å². The molecular formula is C7H7AuN2S. The van der Waals surface area contributed by atoms with Crippen molar-refractivity contribution in [2.24, 2.45) is 0 Å². The first-order chi connectivity index (χ1) is 4.86. The largest absolute Gasteiger partial charge is 1.00 e. The maximum Gasteiger partial charge on any atom is 1.00 e. The van der Waals surface area contributed by atoms with E-state index >= 15 is 0 Å². The summed E-state index contributed by atoms with van der Waals surface area (Å²) in [5.74, 6) is 0. The molecule has 0 saturated carbocycles. The summed E-state index contributed by atoms with van der Waals surface area (Å²) in [7, 11) is 0. The number of nitrogens with zero attached hydrogens (tertiary/aromatic N) is 1. The Morgan fingerprint density at radius 1 is 1.55 bits per heavy atom. The fraction of sp³-hybridized carbons (Fsp3) is 0.286. The first kappa shape index (κ1) is 9.00. The van der Waals surface area contributed by atoms with E-state index in [0.29, 0.717) is 5.16 Å². The van der Waals surface area contributed by atoms with Crippen molar-refractivity contribution >= 4 is 18.7 Å². The molecule has 1 aliphatic carbocycles. The van der Waals surface area contributed by atoms with Crippen molar-refractivity contribution in [1.29, 1.82) is 0 Å². The zero-order valence-corrected chi connectivity index (χ0v) is 8.71. The summed E-state index contributed by atoms with van der Waals surface area (Å²) < 4.78 is 0. The van der Waals surface area contributed by atoms with Gasteiger partial charge in [-0.05, 0) is 24.1 Å². The molecule has 1 aliphatic rings. The number of rotatable bonds is 0. The van der Waals surface area contributed by atoms with Gasteiger partial charge >= 0.3 is 22.4 Å². The van der Waals surface area contributed by atoms with Crippen molar-refractivity contribution in [3.05, 3.63) is 17.5 Å². The second-order valence-electron chi connectivity index (χ2n) is 2.35. The molecule has 2 rings (SSSR count). The van der Waals surface area contributed by atoms with Gasteiger partial charge in [0.15, 0.2) is 0 Å². The second-order valence-corrected chi connectivity index (χ2v) is 2.73. The topological polar surface area (TPSA) is 28.7 Å². The van der Waals surface area contributed by atoms with Gasteiger partial charge in [0.25, 0.3) is 0 Å². The SMILES string of the molecule is [Au+].[S-]c1nc2c([nH]1)CCC=C2. The molecule has 0 saturated heterocycles. The second kappa shape index (κ2) is 3.54. The summed E-state index contributed by atoms with van der Waals surface area (Å²) in [6.07, 6.45) is 6.29. The van der Waals surface area contributed by atoms with Gasteiger partial charge in [-0.3, -0.25) is 4.98 Å². The van der Waals surface area contributed by atoms with E-state index in [9.17, 15) is 0 Å². The van der Waals surface area contributed by atoms with E-state index < -0.39 is 0 Å². The van der Waals surface area contributed by atoms with Gasteiger partial charge < -0.3 is 17.6 Å². The number of imidazole rings is 1. The molecule has 0 bridgehead atoms. The van der Waals surface area contributed by atoms with Gasteiger partial charge in [-0.2, -0.15) is 0 Å². The van der Waals surface area contributed by atoms with Crippen LogP contribution in [-0.2, 0) is 41.4 Å². The molecule has 1 aromatic rings. The fourth-order valence-corrected chi connectivity index (χ4v) is 1.37. The summed E-state index contributed by atoms with van der Waals surface area (Å²) in [5.41, 5.74) is 2.21. The Morgan fingerprint density at radius 3 is 3.09 bits per heavy atom. The van der Waals surface area contributed by atoms with Crippen molar-refractivity contribution in [3.63, 3.8) is 0 Å². The van der Waals surface area contributed by atoms with Crippen LogP contribution in [0.3, 0.4) is 0 Å². The van der Waals surface area contributed by atoms with Gasteiger partial charge in [0, 0.05) is 5.69 Å². The van der Waals surface area contributed by atoms with Crippen LogP contribution in [0.4, 0.5) is 0 Å². The van der Waals surface area contributed by atoms with Crippen molar-refractivity contribution < 1.29 is 22.4 Å². The third-order valence-electron chi connectivity index (χ3n) is 1.63. The Hall–Kier alpha value is -0.0897. The average molecular weight is 348 g/mol. The van der Waals surface area contributed by atoms with Gasteiger partial charge in [-0.1, -0.05) is 6.08 Å². The molecule has 0 unspecified atom stereocenters. The summed E-state index contributed by atoms with van der Waals surface area (Å²) in [6, 6.07) is 0. The maximum atomic E-state index is 4.88. The average Bonchev–Trinajstić information content (AvgIpc) is 2.27. The summed E-state index contributed by atoms with van der Waals surface area (Å²) >= 11 is 4.88. The van der Waals surface area contributed by atoms with Crippen molar-refractivity contribution in [3.8, 4) is 0 Å². The Labute approximate surface area is 86.4 Å². The van der Waals surface area contributed by atoms with Crippen molar-refractivity contribution in [2.45, 2.75) is 18.0 Å². The molecule has 4 heteroatoms. The normalized spacial score (nSPS) is 13.8. The molecule has 1 heterocycles. The maximum absolute atomic E-state index is 4.88. The Morgan fingerprint density at radius 2 is 2.36 bits per heavy atom. The van der Waals surface area contributed by atoms with Crippen LogP contribution in [0.25, 0.3) is 6.08 Å². The zero-order chi connectivity index (χ0) is 6.97. The Balaban J connectivity index is 0.000000605.